The SMILES string of the molecule is CC[Si](C#C/C=C(\C)CO)(CC)CC. The van der Waals surface area contributed by atoms with Gasteiger partial charge in [-0.05, 0) is 36.7 Å². The van der Waals surface area contributed by atoms with E-state index in [1.807, 2.05) is 13.0 Å². The molecule has 0 atom stereocenters. The van der Waals surface area contributed by atoms with Crippen LogP contribution in [0.5, 0.6) is 0 Å². The Bertz CT molecular complexity index is 233. The van der Waals surface area contributed by atoms with Crippen molar-refractivity contribution in [2.75, 3.05) is 6.61 Å². The minimum atomic E-state index is -1.28. The summed E-state index contributed by atoms with van der Waals surface area (Å²) in [6.07, 6.45) is 1.85. The van der Waals surface area contributed by atoms with Crippen molar-refractivity contribution >= 4 is 8.07 Å². The van der Waals surface area contributed by atoms with Crippen LogP contribution in [0.2, 0.25) is 18.1 Å². The monoisotopic (exact) mass is 210 g/mol. The third-order valence-electron chi connectivity index (χ3n) is 2.94. The summed E-state index contributed by atoms with van der Waals surface area (Å²) < 4.78 is 0. The van der Waals surface area contributed by atoms with Crippen molar-refractivity contribution in [3.63, 3.8) is 0 Å². The van der Waals surface area contributed by atoms with E-state index in [1.165, 1.54) is 18.1 Å². The predicted molar refractivity (Wildman–Crippen MR) is 65.8 cm³/mol. The van der Waals surface area contributed by atoms with Crippen LogP contribution in [0.3, 0.4) is 0 Å². The molecule has 0 aliphatic heterocycles. The Balaban J connectivity index is 4.58. The van der Waals surface area contributed by atoms with Crippen LogP contribution in [0.4, 0.5) is 0 Å². The molecule has 14 heavy (non-hydrogen) atoms. The van der Waals surface area contributed by atoms with E-state index in [0.29, 0.717) is 0 Å². The Morgan fingerprint density at radius 1 is 1.21 bits per heavy atom. The molecule has 1 nitrogen and oxygen atoms in total. The van der Waals surface area contributed by atoms with E-state index in [9.17, 15) is 0 Å². The Morgan fingerprint density at radius 3 is 2.07 bits per heavy atom. The molecular weight excluding hydrogens is 188 g/mol. The van der Waals surface area contributed by atoms with Gasteiger partial charge in [-0.3, -0.25) is 0 Å². The van der Waals surface area contributed by atoms with Crippen LogP contribution in [-0.4, -0.2) is 19.8 Å². The molecule has 0 aliphatic rings. The fraction of sp³-hybridized carbons (Fsp3) is 0.667. The molecule has 0 aromatic rings. The molecule has 80 valence electrons. The molecule has 0 heterocycles. The van der Waals surface area contributed by atoms with Crippen LogP contribution in [0.25, 0.3) is 0 Å². The summed E-state index contributed by atoms with van der Waals surface area (Å²) in [6.45, 7) is 8.76. The van der Waals surface area contributed by atoms with E-state index in [4.69, 9.17) is 5.11 Å². The number of aliphatic hydroxyl groups excluding tert-OH is 1. The quantitative estimate of drug-likeness (QED) is 0.559. The summed E-state index contributed by atoms with van der Waals surface area (Å²) in [5.41, 5.74) is 4.40. The van der Waals surface area contributed by atoms with Crippen molar-refractivity contribution < 1.29 is 5.11 Å². The number of aliphatic hydroxyl groups is 1. The molecular formula is C12H22OSi. The summed E-state index contributed by atoms with van der Waals surface area (Å²) in [7, 11) is -1.28. The van der Waals surface area contributed by atoms with E-state index in [-0.39, 0.29) is 6.61 Å². The number of rotatable bonds is 4. The van der Waals surface area contributed by atoms with E-state index >= 15 is 0 Å². The number of allylic oxidation sites excluding steroid dienone is 1. The first-order valence-electron chi connectivity index (χ1n) is 5.43. The highest BCUT2D eigenvalue weighted by atomic mass is 28.3. The van der Waals surface area contributed by atoms with Crippen LogP contribution >= 0.6 is 0 Å². The molecule has 2 heteroatoms. The first-order chi connectivity index (χ1) is 6.64. The lowest BCUT2D eigenvalue weighted by Gasteiger charge is -2.19. The summed E-state index contributed by atoms with van der Waals surface area (Å²) in [5.74, 6) is 3.12. The van der Waals surface area contributed by atoms with Crippen molar-refractivity contribution in [2.45, 2.75) is 45.8 Å². The molecule has 0 spiro atoms. The molecule has 0 fully saturated rings. The molecule has 0 aromatic carbocycles. The molecule has 0 rings (SSSR count). The minimum absolute atomic E-state index is 0.119. The molecule has 0 amide bonds. The lowest BCUT2D eigenvalue weighted by molar-refractivity contribution is 0.331. The van der Waals surface area contributed by atoms with Gasteiger partial charge in [0, 0.05) is 0 Å². The molecule has 1 N–H and O–H groups in total. The largest absolute Gasteiger partial charge is 0.392 e. The highest BCUT2D eigenvalue weighted by molar-refractivity contribution is 6.87. The van der Waals surface area contributed by atoms with Gasteiger partial charge in [0.2, 0.25) is 0 Å². The first kappa shape index (κ1) is 13.5. The second-order valence-electron chi connectivity index (χ2n) is 3.76. The standard InChI is InChI=1S/C12H22OSi/c1-5-14(6-2,7-3)10-8-9-12(4)11-13/h9,13H,5-7,11H2,1-4H3/b12-9+. The minimum Gasteiger partial charge on any atom is -0.392 e. The first-order valence-corrected chi connectivity index (χ1v) is 8.05. The Labute approximate surface area is 89.2 Å². The second kappa shape index (κ2) is 6.86. The molecule has 0 bridgehead atoms. The summed E-state index contributed by atoms with van der Waals surface area (Å²) in [5, 5.41) is 8.81. The maximum atomic E-state index is 8.81. The van der Waals surface area contributed by atoms with Gasteiger partial charge in [-0.1, -0.05) is 26.7 Å². The van der Waals surface area contributed by atoms with Crippen LogP contribution in [0.15, 0.2) is 11.6 Å². The molecule has 0 aromatic heterocycles. The highest BCUT2D eigenvalue weighted by Crippen LogP contribution is 2.18. The normalized spacial score (nSPS) is 12.2. The smallest absolute Gasteiger partial charge is 0.138 e. The van der Waals surface area contributed by atoms with Crippen molar-refractivity contribution in [1.82, 2.24) is 0 Å². The van der Waals surface area contributed by atoms with Gasteiger partial charge in [-0.15, -0.1) is 5.54 Å². The van der Waals surface area contributed by atoms with Gasteiger partial charge in [0.25, 0.3) is 0 Å². The van der Waals surface area contributed by atoms with E-state index in [1.54, 1.807) is 0 Å². The average Bonchev–Trinajstić information content (AvgIpc) is 2.25. The predicted octanol–water partition coefficient (Wildman–Crippen LogP) is 2.98. The lowest BCUT2D eigenvalue weighted by Crippen LogP contribution is -2.29. The molecule has 0 saturated carbocycles. The van der Waals surface area contributed by atoms with Crippen molar-refractivity contribution in [3.8, 4) is 11.5 Å². The fourth-order valence-corrected chi connectivity index (χ4v) is 3.78. The van der Waals surface area contributed by atoms with Crippen molar-refractivity contribution in [1.29, 1.82) is 0 Å². The van der Waals surface area contributed by atoms with Gasteiger partial charge >= 0.3 is 0 Å². The molecule has 0 radical (unpaired) electrons. The van der Waals surface area contributed by atoms with Gasteiger partial charge in [-0.2, -0.15) is 0 Å². The third-order valence-corrected chi connectivity index (χ3v) is 7.67. The average molecular weight is 210 g/mol. The van der Waals surface area contributed by atoms with Crippen LogP contribution in [-0.2, 0) is 0 Å². The molecule has 0 aliphatic carbocycles. The van der Waals surface area contributed by atoms with E-state index < -0.39 is 8.07 Å². The van der Waals surface area contributed by atoms with Crippen LogP contribution in [0.1, 0.15) is 27.7 Å². The maximum absolute atomic E-state index is 8.81. The van der Waals surface area contributed by atoms with Gasteiger partial charge < -0.3 is 5.11 Å². The van der Waals surface area contributed by atoms with Crippen molar-refractivity contribution in [3.05, 3.63) is 11.6 Å². The zero-order valence-electron chi connectivity index (χ0n) is 9.85. The van der Waals surface area contributed by atoms with Gasteiger partial charge in [0.05, 0.1) is 6.61 Å². The summed E-state index contributed by atoms with van der Waals surface area (Å²) >= 11 is 0. The zero-order chi connectivity index (χ0) is 11.0. The van der Waals surface area contributed by atoms with E-state index in [2.05, 4.69) is 32.2 Å². The van der Waals surface area contributed by atoms with Crippen LogP contribution in [0, 0.1) is 11.5 Å². The van der Waals surface area contributed by atoms with Gasteiger partial charge in [0.1, 0.15) is 8.07 Å². The highest BCUT2D eigenvalue weighted by Gasteiger charge is 2.23. The number of hydrogen-bond donors (Lipinski definition) is 1. The maximum Gasteiger partial charge on any atom is 0.138 e. The third kappa shape index (κ3) is 4.12. The Hall–Kier alpha value is -0.523. The van der Waals surface area contributed by atoms with Crippen molar-refractivity contribution in [2.24, 2.45) is 0 Å². The van der Waals surface area contributed by atoms with E-state index in [0.717, 1.165) is 5.57 Å². The fourth-order valence-electron chi connectivity index (χ4n) is 1.37. The molecule has 0 saturated heterocycles. The summed E-state index contributed by atoms with van der Waals surface area (Å²) in [6, 6.07) is 3.71. The lowest BCUT2D eigenvalue weighted by atomic mass is 10.3. The second-order valence-corrected chi connectivity index (χ2v) is 8.69. The number of hydrogen-bond acceptors (Lipinski definition) is 1. The zero-order valence-corrected chi connectivity index (χ0v) is 10.9. The van der Waals surface area contributed by atoms with Crippen LogP contribution < -0.4 is 0 Å². The van der Waals surface area contributed by atoms with Gasteiger partial charge in [0.15, 0.2) is 0 Å². The summed E-state index contributed by atoms with van der Waals surface area (Å²) in [4.78, 5) is 0. The Kier molecular flexibility index (Phi) is 6.60. The Morgan fingerprint density at radius 2 is 1.71 bits per heavy atom. The topological polar surface area (TPSA) is 20.2 Å². The van der Waals surface area contributed by atoms with Gasteiger partial charge in [-0.25, -0.2) is 0 Å². The molecule has 0 unspecified atom stereocenters.